The highest BCUT2D eigenvalue weighted by Gasteiger charge is 2.36. The molecule has 0 aliphatic carbocycles. The van der Waals surface area contributed by atoms with E-state index in [0.29, 0.717) is 6.54 Å². The minimum atomic E-state index is -1.19. The highest BCUT2D eigenvalue weighted by Crippen LogP contribution is 2.20. The summed E-state index contributed by atoms with van der Waals surface area (Å²) in [6.07, 6.45) is 0.0606. The van der Waals surface area contributed by atoms with Gasteiger partial charge in [-0.25, -0.2) is 4.79 Å². The van der Waals surface area contributed by atoms with Crippen LogP contribution in [0.2, 0.25) is 0 Å². The van der Waals surface area contributed by atoms with Gasteiger partial charge in [-0.3, -0.25) is 9.59 Å². The molecule has 1 unspecified atom stereocenters. The molecule has 1 saturated heterocycles. The molecule has 0 saturated carbocycles. The van der Waals surface area contributed by atoms with Crippen molar-refractivity contribution < 1.29 is 24.6 Å². The number of likely N-dealkylation sites (tertiary alicyclic amines) is 1. The topological polar surface area (TPSA) is 107 Å². The molecule has 7 heteroatoms. The first-order chi connectivity index (χ1) is 8.86. The van der Waals surface area contributed by atoms with Crippen LogP contribution in [0.5, 0.6) is 0 Å². The highest BCUT2D eigenvalue weighted by molar-refractivity contribution is 5.91. The lowest BCUT2D eigenvalue weighted by atomic mass is 10.1. The normalized spacial score (nSPS) is 20.7. The zero-order valence-electron chi connectivity index (χ0n) is 11.1. The molecule has 1 fully saturated rings. The largest absolute Gasteiger partial charge is 0.480 e. The van der Waals surface area contributed by atoms with Crippen molar-refractivity contribution in [1.82, 2.24) is 10.2 Å². The molecule has 2 atom stereocenters. The number of hydrogen-bond acceptors (Lipinski definition) is 4. The minimum absolute atomic E-state index is 0.0259. The van der Waals surface area contributed by atoms with Crippen LogP contribution in [0.15, 0.2) is 0 Å². The van der Waals surface area contributed by atoms with Gasteiger partial charge in [0.2, 0.25) is 11.8 Å². The molecular formula is C12H20N2O5. The smallest absolute Gasteiger partial charge is 0.326 e. The maximum Gasteiger partial charge on any atom is 0.326 e. The van der Waals surface area contributed by atoms with Crippen molar-refractivity contribution in [2.75, 3.05) is 13.2 Å². The van der Waals surface area contributed by atoms with E-state index in [1.807, 2.05) is 13.8 Å². The molecule has 19 heavy (non-hydrogen) atoms. The van der Waals surface area contributed by atoms with Gasteiger partial charge in [-0.05, 0) is 13.8 Å². The number of aliphatic hydroxyl groups excluding tert-OH is 1. The van der Waals surface area contributed by atoms with Gasteiger partial charge in [-0.15, -0.1) is 0 Å². The van der Waals surface area contributed by atoms with Crippen LogP contribution in [0.4, 0.5) is 0 Å². The first kappa shape index (κ1) is 15.4. The number of hydrogen-bond donors (Lipinski definition) is 3. The number of carbonyl (C=O) groups is 3. The minimum Gasteiger partial charge on any atom is -0.480 e. The van der Waals surface area contributed by atoms with Crippen LogP contribution in [0.1, 0.15) is 26.7 Å². The van der Waals surface area contributed by atoms with Crippen molar-refractivity contribution >= 4 is 17.8 Å². The summed E-state index contributed by atoms with van der Waals surface area (Å²) in [6, 6.07) is -1.08. The van der Waals surface area contributed by atoms with Crippen LogP contribution >= 0.6 is 0 Å². The highest BCUT2D eigenvalue weighted by atomic mass is 16.4. The Labute approximate surface area is 111 Å². The zero-order chi connectivity index (χ0) is 14.6. The second-order valence-corrected chi connectivity index (χ2v) is 4.95. The monoisotopic (exact) mass is 272 g/mol. The van der Waals surface area contributed by atoms with Gasteiger partial charge in [0.25, 0.3) is 0 Å². The number of aliphatic carboxylic acids is 1. The Morgan fingerprint density at radius 1 is 1.47 bits per heavy atom. The Kier molecular flexibility index (Phi) is 5.29. The van der Waals surface area contributed by atoms with Crippen molar-refractivity contribution in [2.24, 2.45) is 5.92 Å². The van der Waals surface area contributed by atoms with Crippen LogP contribution in [0.25, 0.3) is 0 Å². The summed E-state index contributed by atoms with van der Waals surface area (Å²) in [5.74, 6) is -2.25. The van der Waals surface area contributed by atoms with Crippen molar-refractivity contribution in [1.29, 1.82) is 0 Å². The number of carboxylic acids is 1. The molecule has 0 aromatic heterocycles. The Morgan fingerprint density at radius 2 is 2.11 bits per heavy atom. The Hall–Kier alpha value is -1.63. The number of amides is 2. The second-order valence-electron chi connectivity index (χ2n) is 4.95. The molecular weight excluding hydrogens is 252 g/mol. The van der Waals surface area contributed by atoms with Gasteiger partial charge >= 0.3 is 5.97 Å². The lowest BCUT2D eigenvalue weighted by molar-refractivity contribution is -0.142. The number of rotatable bonds is 6. The quantitative estimate of drug-likeness (QED) is 0.586. The van der Waals surface area contributed by atoms with E-state index in [1.54, 1.807) is 4.90 Å². The van der Waals surface area contributed by atoms with Gasteiger partial charge in [0.05, 0.1) is 5.92 Å². The SMILES string of the molecule is CC(C)N1CC(C(=O)N[C@H](CCO)C(=O)O)CC1=O. The summed E-state index contributed by atoms with van der Waals surface area (Å²) in [5, 5.41) is 20.0. The van der Waals surface area contributed by atoms with Crippen LogP contribution < -0.4 is 5.32 Å². The molecule has 1 rings (SSSR count). The number of nitrogens with zero attached hydrogens (tertiary/aromatic N) is 1. The fraction of sp³-hybridized carbons (Fsp3) is 0.750. The van der Waals surface area contributed by atoms with E-state index in [-0.39, 0.29) is 31.4 Å². The molecule has 1 heterocycles. The van der Waals surface area contributed by atoms with Crippen molar-refractivity contribution in [3.8, 4) is 0 Å². The zero-order valence-corrected chi connectivity index (χ0v) is 11.1. The molecule has 0 aromatic carbocycles. The third-order valence-corrected chi connectivity index (χ3v) is 3.18. The van der Waals surface area contributed by atoms with Gasteiger partial charge in [-0.1, -0.05) is 0 Å². The third kappa shape index (κ3) is 3.92. The number of nitrogens with one attached hydrogen (secondary N) is 1. The van der Waals surface area contributed by atoms with Crippen LogP contribution in [0, 0.1) is 5.92 Å². The fourth-order valence-electron chi connectivity index (χ4n) is 2.08. The molecule has 0 bridgehead atoms. The molecule has 7 nitrogen and oxygen atoms in total. The van der Waals surface area contributed by atoms with Gasteiger partial charge in [-0.2, -0.15) is 0 Å². The number of carbonyl (C=O) groups excluding carboxylic acids is 2. The Morgan fingerprint density at radius 3 is 2.53 bits per heavy atom. The second kappa shape index (κ2) is 6.51. The van der Waals surface area contributed by atoms with Gasteiger partial charge in [0.1, 0.15) is 6.04 Å². The lowest BCUT2D eigenvalue weighted by Crippen LogP contribution is -2.44. The standard InChI is InChI=1S/C12H20N2O5/c1-7(2)14-6-8(5-10(14)16)11(17)13-9(3-4-15)12(18)19/h7-9,15H,3-6H2,1-2H3,(H,13,17)(H,18,19)/t8?,9-/m1/s1. The average Bonchev–Trinajstić information content (AvgIpc) is 2.70. The predicted molar refractivity (Wildman–Crippen MR) is 66.2 cm³/mol. The van der Waals surface area contributed by atoms with Crippen molar-refractivity contribution in [3.05, 3.63) is 0 Å². The number of aliphatic hydroxyl groups is 1. The van der Waals surface area contributed by atoms with E-state index in [9.17, 15) is 14.4 Å². The van der Waals surface area contributed by atoms with Crippen molar-refractivity contribution in [2.45, 2.75) is 38.8 Å². The molecule has 0 aromatic rings. The summed E-state index contributed by atoms with van der Waals surface area (Å²) in [4.78, 5) is 36.1. The van der Waals surface area contributed by atoms with Gasteiger partial charge in [0, 0.05) is 32.0 Å². The summed E-state index contributed by atoms with van der Waals surface area (Å²) in [7, 11) is 0. The molecule has 1 aliphatic rings. The van der Waals surface area contributed by atoms with Crippen molar-refractivity contribution in [3.63, 3.8) is 0 Å². The van der Waals surface area contributed by atoms with Crippen LogP contribution in [-0.4, -0.2) is 58.1 Å². The maximum atomic E-state index is 11.9. The van der Waals surface area contributed by atoms with E-state index in [2.05, 4.69) is 5.32 Å². The number of carboxylic acid groups (broad SMARTS) is 1. The molecule has 108 valence electrons. The van der Waals surface area contributed by atoms with Gasteiger partial charge < -0.3 is 20.4 Å². The van der Waals surface area contributed by atoms with Crippen LogP contribution in [0.3, 0.4) is 0 Å². The first-order valence-electron chi connectivity index (χ1n) is 6.30. The summed E-state index contributed by atoms with van der Waals surface area (Å²) in [5.41, 5.74) is 0. The van der Waals surface area contributed by atoms with E-state index in [1.165, 1.54) is 0 Å². The molecule has 2 amide bonds. The van der Waals surface area contributed by atoms with Gasteiger partial charge in [0.15, 0.2) is 0 Å². The Bertz CT molecular complexity index is 369. The van der Waals surface area contributed by atoms with E-state index in [0.717, 1.165) is 0 Å². The van der Waals surface area contributed by atoms with Crippen LogP contribution in [-0.2, 0) is 14.4 Å². The molecule has 3 N–H and O–H groups in total. The first-order valence-corrected chi connectivity index (χ1v) is 6.30. The summed E-state index contributed by atoms with van der Waals surface area (Å²) < 4.78 is 0. The maximum absolute atomic E-state index is 11.9. The van der Waals surface area contributed by atoms with E-state index in [4.69, 9.17) is 10.2 Å². The average molecular weight is 272 g/mol. The predicted octanol–water partition coefficient (Wildman–Crippen LogP) is -0.805. The molecule has 0 radical (unpaired) electrons. The lowest BCUT2D eigenvalue weighted by Gasteiger charge is -2.21. The third-order valence-electron chi connectivity index (χ3n) is 3.18. The summed E-state index contributed by atoms with van der Waals surface area (Å²) in [6.45, 7) is 3.72. The summed E-state index contributed by atoms with van der Waals surface area (Å²) >= 11 is 0. The molecule has 1 aliphatic heterocycles. The fourth-order valence-corrected chi connectivity index (χ4v) is 2.08. The van der Waals surface area contributed by atoms with E-state index < -0.39 is 23.8 Å². The molecule has 0 spiro atoms. The van der Waals surface area contributed by atoms with E-state index >= 15 is 0 Å². The Balaban J connectivity index is 2.59.